The molecule has 8 nitrogen and oxygen atoms in total. The Bertz CT molecular complexity index is 1070. The number of carbonyl (C=O) groups is 2. The van der Waals surface area contributed by atoms with Crippen molar-refractivity contribution in [3.8, 4) is 5.75 Å². The van der Waals surface area contributed by atoms with E-state index in [1.54, 1.807) is 12.0 Å². The summed E-state index contributed by atoms with van der Waals surface area (Å²) < 4.78 is 5.91. The molecular formula is C21H21N5O3S2. The second-order valence-corrected chi connectivity index (χ2v) is 8.96. The fraction of sp³-hybridized carbons (Fsp3) is 0.238. The van der Waals surface area contributed by atoms with Crippen molar-refractivity contribution in [2.45, 2.75) is 17.2 Å². The zero-order valence-corrected chi connectivity index (χ0v) is 18.5. The van der Waals surface area contributed by atoms with E-state index in [9.17, 15) is 9.59 Å². The molecule has 2 amide bonds. The maximum atomic E-state index is 12.3. The molecule has 1 aliphatic rings. The van der Waals surface area contributed by atoms with Crippen molar-refractivity contribution >= 4 is 57.1 Å². The quantitative estimate of drug-likeness (QED) is 0.493. The summed E-state index contributed by atoms with van der Waals surface area (Å²) in [4.78, 5) is 25.9. The van der Waals surface area contributed by atoms with E-state index in [4.69, 9.17) is 4.74 Å². The van der Waals surface area contributed by atoms with E-state index in [2.05, 4.69) is 20.8 Å². The average Bonchev–Trinajstić information content (AvgIpc) is 3.42. The molecule has 4 rings (SSSR count). The zero-order chi connectivity index (χ0) is 21.6. The van der Waals surface area contributed by atoms with Crippen LogP contribution in [0.25, 0.3) is 0 Å². The Morgan fingerprint density at radius 2 is 2.03 bits per heavy atom. The number of aromatic nitrogens is 2. The van der Waals surface area contributed by atoms with Gasteiger partial charge in [-0.3, -0.25) is 9.59 Å². The summed E-state index contributed by atoms with van der Waals surface area (Å²) in [6.45, 7) is 0.748. The highest BCUT2D eigenvalue weighted by atomic mass is 32.2. The fourth-order valence-electron chi connectivity index (χ4n) is 3.11. The van der Waals surface area contributed by atoms with Gasteiger partial charge in [0.1, 0.15) is 5.75 Å². The van der Waals surface area contributed by atoms with Crippen molar-refractivity contribution in [2.24, 2.45) is 0 Å². The maximum Gasteiger partial charge on any atom is 0.234 e. The van der Waals surface area contributed by atoms with Gasteiger partial charge in [-0.1, -0.05) is 29.2 Å². The Morgan fingerprint density at radius 1 is 1.19 bits per heavy atom. The number of thioether (sulfide) groups is 1. The number of carbonyl (C=O) groups excluding carboxylic acids is 2. The van der Waals surface area contributed by atoms with Crippen LogP contribution in [-0.2, 0) is 9.59 Å². The molecule has 1 aromatic heterocycles. The number of ether oxygens (including phenoxy) is 1. The van der Waals surface area contributed by atoms with Gasteiger partial charge in [0.15, 0.2) is 4.34 Å². The van der Waals surface area contributed by atoms with Crippen LogP contribution >= 0.6 is 23.1 Å². The van der Waals surface area contributed by atoms with Crippen LogP contribution < -0.4 is 20.3 Å². The van der Waals surface area contributed by atoms with Gasteiger partial charge < -0.3 is 20.3 Å². The molecule has 0 atom stereocenters. The minimum atomic E-state index is -0.132. The minimum absolute atomic E-state index is 0.132. The largest absolute Gasteiger partial charge is 0.497 e. The van der Waals surface area contributed by atoms with Crippen LogP contribution in [0.15, 0.2) is 52.9 Å². The number of amides is 2. The Labute approximate surface area is 188 Å². The van der Waals surface area contributed by atoms with Crippen molar-refractivity contribution in [3.63, 3.8) is 0 Å². The lowest BCUT2D eigenvalue weighted by Gasteiger charge is -2.16. The smallest absolute Gasteiger partial charge is 0.234 e. The molecule has 1 saturated heterocycles. The molecule has 1 fully saturated rings. The van der Waals surface area contributed by atoms with Gasteiger partial charge in [-0.25, -0.2) is 0 Å². The molecule has 0 bridgehead atoms. The molecule has 10 heteroatoms. The molecule has 31 heavy (non-hydrogen) atoms. The summed E-state index contributed by atoms with van der Waals surface area (Å²) in [6, 6.07) is 14.9. The number of rotatable bonds is 8. The predicted octanol–water partition coefficient (Wildman–Crippen LogP) is 4.15. The van der Waals surface area contributed by atoms with E-state index < -0.39 is 0 Å². The van der Waals surface area contributed by atoms with Crippen LogP contribution in [0.2, 0.25) is 0 Å². The van der Waals surface area contributed by atoms with Crippen molar-refractivity contribution in [3.05, 3.63) is 48.5 Å². The van der Waals surface area contributed by atoms with Gasteiger partial charge in [-0.2, -0.15) is 0 Å². The molecule has 2 heterocycles. The summed E-state index contributed by atoms with van der Waals surface area (Å²) in [7, 11) is 1.62. The molecule has 0 aliphatic carbocycles. The second kappa shape index (κ2) is 9.80. The monoisotopic (exact) mass is 455 g/mol. The normalized spacial score (nSPS) is 13.3. The van der Waals surface area contributed by atoms with Crippen LogP contribution in [0.1, 0.15) is 12.8 Å². The van der Waals surface area contributed by atoms with Gasteiger partial charge in [0.25, 0.3) is 0 Å². The topological polar surface area (TPSA) is 96.4 Å². The van der Waals surface area contributed by atoms with Crippen LogP contribution in [-0.4, -0.2) is 41.4 Å². The number of nitrogens with one attached hydrogen (secondary N) is 2. The Hall–Kier alpha value is -3.11. The molecule has 160 valence electrons. The molecule has 1 aliphatic heterocycles. The van der Waals surface area contributed by atoms with Gasteiger partial charge in [-0.05, 0) is 42.8 Å². The first-order valence-corrected chi connectivity index (χ1v) is 11.5. The van der Waals surface area contributed by atoms with Gasteiger partial charge in [-0.15, -0.1) is 10.2 Å². The average molecular weight is 456 g/mol. The third-order valence-electron chi connectivity index (χ3n) is 4.59. The highest BCUT2D eigenvalue weighted by Crippen LogP contribution is 2.29. The van der Waals surface area contributed by atoms with E-state index in [0.717, 1.165) is 30.1 Å². The van der Waals surface area contributed by atoms with Crippen molar-refractivity contribution in [1.29, 1.82) is 0 Å². The highest BCUT2D eigenvalue weighted by molar-refractivity contribution is 8.01. The summed E-state index contributed by atoms with van der Waals surface area (Å²) in [5.41, 5.74) is 2.40. The van der Waals surface area contributed by atoms with Gasteiger partial charge in [0.05, 0.1) is 12.9 Å². The van der Waals surface area contributed by atoms with E-state index in [1.165, 1.54) is 23.1 Å². The number of methoxy groups -OCH3 is 1. The molecule has 3 aromatic rings. The number of hydrogen-bond acceptors (Lipinski definition) is 8. The first kappa shape index (κ1) is 21.1. The Balaban J connectivity index is 1.26. The number of benzene rings is 2. The number of hydrogen-bond donors (Lipinski definition) is 2. The third kappa shape index (κ3) is 5.53. The molecule has 0 radical (unpaired) electrons. The fourth-order valence-corrected chi connectivity index (χ4v) is 4.69. The lowest BCUT2D eigenvalue weighted by Crippen LogP contribution is -2.23. The van der Waals surface area contributed by atoms with E-state index >= 15 is 0 Å². The lowest BCUT2D eigenvalue weighted by atomic mass is 10.2. The van der Waals surface area contributed by atoms with Crippen molar-refractivity contribution < 1.29 is 14.3 Å². The second-order valence-electron chi connectivity index (χ2n) is 6.76. The lowest BCUT2D eigenvalue weighted by molar-refractivity contribution is -0.117. The molecule has 2 aromatic carbocycles. The standard InChI is InChI=1S/C21H21N5O3S2/c1-29-17-5-2-4-15(12-17)23-20-24-25-21(31-20)30-13-18(27)22-14-7-9-16(10-8-14)26-11-3-6-19(26)28/h2,4-5,7-10,12H,3,6,11,13H2,1H3,(H,22,27)(H,23,24). The molecule has 0 spiro atoms. The van der Waals surface area contributed by atoms with Crippen LogP contribution in [0.3, 0.4) is 0 Å². The maximum absolute atomic E-state index is 12.3. The van der Waals surface area contributed by atoms with Gasteiger partial charge >= 0.3 is 0 Å². The third-order valence-corrected chi connectivity index (χ3v) is 6.56. The highest BCUT2D eigenvalue weighted by Gasteiger charge is 2.21. The first-order valence-electron chi connectivity index (χ1n) is 9.68. The summed E-state index contributed by atoms with van der Waals surface area (Å²) >= 11 is 2.70. The van der Waals surface area contributed by atoms with Gasteiger partial charge in [0.2, 0.25) is 16.9 Å². The van der Waals surface area contributed by atoms with Crippen LogP contribution in [0.4, 0.5) is 22.2 Å². The van der Waals surface area contributed by atoms with E-state index in [-0.39, 0.29) is 17.6 Å². The molecular weight excluding hydrogens is 434 g/mol. The summed E-state index contributed by atoms with van der Waals surface area (Å²) in [5, 5.41) is 14.9. The van der Waals surface area contributed by atoms with Crippen LogP contribution in [0, 0.1) is 0 Å². The van der Waals surface area contributed by atoms with Crippen molar-refractivity contribution in [1.82, 2.24) is 10.2 Å². The molecule has 2 N–H and O–H groups in total. The van der Waals surface area contributed by atoms with E-state index in [0.29, 0.717) is 21.6 Å². The van der Waals surface area contributed by atoms with Crippen molar-refractivity contribution in [2.75, 3.05) is 34.9 Å². The SMILES string of the molecule is COc1cccc(Nc2nnc(SCC(=O)Nc3ccc(N4CCCC4=O)cc3)s2)c1. The molecule has 0 unspecified atom stereocenters. The Morgan fingerprint density at radius 3 is 2.77 bits per heavy atom. The van der Waals surface area contributed by atoms with Gasteiger partial charge in [0, 0.05) is 36.1 Å². The minimum Gasteiger partial charge on any atom is -0.497 e. The summed E-state index contributed by atoms with van der Waals surface area (Å²) in [6.07, 6.45) is 1.48. The Kier molecular flexibility index (Phi) is 6.68. The first-order chi connectivity index (χ1) is 15.1. The number of nitrogens with zero attached hydrogens (tertiary/aromatic N) is 3. The predicted molar refractivity (Wildman–Crippen MR) is 124 cm³/mol. The summed E-state index contributed by atoms with van der Waals surface area (Å²) in [5.74, 6) is 0.985. The molecule has 0 saturated carbocycles. The van der Waals surface area contributed by atoms with E-state index in [1.807, 2.05) is 48.5 Å². The van der Waals surface area contributed by atoms with Crippen LogP contribution in [0.5, 0.6) is 5.75 Å². The zero-order valence-electron chi connectivity index (χ0n) is 16.8. The number of anilines is 4.